The molecule has 0 saturated carbocycles. The van der Waals surface area contributed by atoms with Crippen LogP contribution in [0.25, 0.3) is 0 Å². The van der Waals surface area contributed by atoms with Gasteiger partial charge in [-0.2, -0.15) is 0 Å². The van der Waals surface area contributed by atoms with Crippen LogP contribution in [-0.2, 0) is 0 Å². The number of hydrogen-bond donors (Lipinski definition) is 1. The van der Waals surface area contributed by atoms with E-state index in [4.69, 9.17) is 28.3 Å². The van der Waals surface area contributed by atoms with Crippen LogP contribution in [0.1, 0.15) is 6.42 Å². The zero-order valence-corrected chi connectivity index (χ0v) is 10.9. The first-order chi connectivity index (χ1) is 2.77. The molecule has 0 unspecified atom stereocenters. The van der Waals surface area contributed by atoms with Gasteiger partial charge in [0.15, 0.2) is 0 Å². The molecule has 0 atom stereocenters. The third-order valence-electron chi connectivity index (χ3n) is 0.347. The van der Waals surface area contributed by atoms with Crippen molar-refractivity contribution in [2.24, 2.45) is 0 Å². The maximum atomic E-state index is 8.07. The van der Waals surface area contributed by atoms with E-state index in [2.05, 4.69) is 0 Å². The third-order valence-corrected chi connectivity index (χ3v) is 0.784. The minimum atomic E-state index is -0.407. The van der Waals surface area contributed by atoms with Crippen molar-refractivity contribution in [3.63, 3.8) is 0 Å². The number of alkyl halides is 2. The zero-order valence-electron chi connectivity index (χ0n) is 3.90. The Hall–Kier alpha value is 1.46. The van der Waals surface area contributed by atoms with E-state index in [0.29, 0.717) is 6.42 Å². The summed E-state index contributed by atoms with van der Waals surface area (Å²) in [6.45, 7) is 0.0671. The van der Waals surface area contributed by atoms with Gasteiger partial charge in [0, 0.05) is 13.0 Å². The number of aliphatic hydroxyl groups is 1. The Morgan fingerprint density at radius 1 is 1.43 bits per heavy atom. The second kappa shape index (κ2) is 7.46. The van der Waals surface area contributed by atoms with E-state index in [-0.39, 0.29) is 33.9 Å². The van der Waals surface area contributed by atoms with E-state index >= 15 is 0 Å². The minimum absolute atomic E-state index is 0. The molecule has 0 rings (SSSR count). The SMILES string of the molecule is OCCC(Cl)Cl.[PbH2]. The molecule has 44 valence electrons. The van der Waals surface area contributed by atoms with Crippen molar-refractivity contribution >= 4 is 50.5 Å². The van der Waals surface area contributed by atoms with Crippen molar-refractivity contribution in [3.05, 3.63) is 0 Å². The van der Waals surface area contributed by atoms with Gasteiger partial charge in [0.25, 0.3) is 0 Å². The molecule has 2 radical (unpaired) electrons. The molecule has 0 spiro atoms. The van der Waals surface area contributed by atoms with E-state index in [0.717, 1.165) is 0 Å². The quantitative estimate of drug-likeness (QED) is 0.566. The van der Waals surface area contributed by atoms with Crippen LogP contribution in [0, 0.1) is 0 Å². The maximum absolute atomic E-state index is 8.07. The molecule has 0 aliphatic heterocycles. The van der Waals surface area contributed by atoms with Crippen LogP contribution in [0.2, 0.25) is 0 Å². The summed E-state index contributed by atoms with van der Waals surface area (Å²) in [4.78, 5) is -0.407. The second-order valence-electron chi connectivity index (χ2n) is 0.903. The van der Waals surface area contributed by atoms with E-state index in [1.165, 1.54) is 0 Å². The van der Waals surface area contributed by atoms with Crippen LogP contribution in [0.4, 0.5) is 0 Å². The molecular weight excluding hydrogens is 330 g/mol. The average Bonchev–Trinajstić information content (AvgIpc) is 1.35. The molecule has 0 aliphatic carbocycles. The number of aliphatic hydroxyl groups excluding tert-OH is 1. The molecule has 0 aromatic heterocycles. The van der Waals surface area contributed by atoms with E-state index in [1.807, 2.05) is 0 Å². The number of halogens is 2. The van der Waals surface area contributed by atoms with Crippen molar-refractivity contribution in [3.8, 4) is 0 Å². The normalized spacial score (nSPS) is 8.57. The molecule has 4 heteroatoms. The average molecular weight is 338 g/mol. The Labute approximate surface area is 73.2 Å². The van der Waals surface area contributed by atoms with Crippen LogP contribution >= 0.6 is 23.2 Å². The van der Waals surface area contributed by atoms with Gasteiger partial charge in [0.1, 0.15) is 4.84 Å². The molecule has 0 amide bonds. The van der Waals surface area contributed by atoms with Crippen LogP contribution in [0.3, 0.4) is 0 Å². The predicted molar refractivity (Wildman–Crippen MR) is 35.7 cm³/mol. The van der Waals surface area contributed by atoms with Crippen LogP contribution in [0.15, 0.2) is 0 Å². The Bertz CT molecular complexity index is 34.1. The fourth-order valence-corrected chi connectivity index (χ4v) is 0.293. The first kappa shape index (κ1) is 11.3. The van der Waals surface area contributed by atoms with Gasteiger partial charge >= 0.3 is 27.3 Å². The Morgan fingerprint density at radius 2 is 1.86 bits per heavy atom. The molecule has 0 bridgehead atoms. The summed E-state index contributed by atoms with van der Waals surface area (Å²) in [5.74, 6) is 0. The van der Waals surface area contributed by atoms with Gasteiger partial charge in [-0.05, 0) is 0 Å². The van der Waals surface area contributed by atoms with Crippen molar-refractivity contribution in [2.75, 3.05) is 6.61 Å². The summed E-state index contributed by atoms with van der Waals surface area (Å²) < 4.78 is 0. The van der Waals surface area contributed by atoms with Gasteiger partial charge in [0.05, 0.1) is 0 Å². The molecule has 1 N–H and O–H groups in total. The summed E-state index contributed by atoms with van der Waals surface area (Å²) in [6.07, 6.45) is 0.461. The fourth-order valence-electron chi connectivity index (χ4n) is 0.0976. The van der Waals surface area contributed by atoms with Crippen LogP contribution < -0.4 is 0 Å². The standard InChI is InChI=1S/C3H6Cl2O.Pb.2H/c4-3(5)1-2-6;;;/h3,6H,1-2H2;;;. The molecule has 0 saturated heterocycles. The van der Waals surface area contributed by atoms with E-state index < -0.39 is 4.84 Å². The van der Waals surface area contributed by atoms with Gasteiger partial charge in [-0.3, -0.25) is 0 Å². The molecule has 0 aliphatic rings. The predicted octanol–water partition coefficient (Wildman–Crippen LogP) is 0.256. The van der Waals surface area contributed by atoms with Crippen molar-refractivity contribution < 1.29 is 5.11 Å². The molecule has 7 heavy (non-hydrogen) atoms. The van der Waals surface area contributed by atoms with E-state index in [1.54, 1.807) is 0 Å². The summed E-state index contributed by atoms with van der Waals surface area (Å²) in [7, 11) is 0. The van der Waals surface area contributed by atoms with Gasteiger partial charge in [0.2, 0.25) is 0 Å². The molecular formula is C3H8Cl2OPb. The summed E-state index contributed by atoms with van der Waals surface area (Å²) >= 11 is 10.4. The molecule has 0 heterocycles. The first-order valence-electron chi connectivity index (χ1n) is 1.66. The molecule has 0 aromatic rings. The van der Waals surface area contributed by atoms with Crippen molar-refractivity contribution in [2.45, 2.75) is 11.3 Å². The Kier molecular flexibility index (Phi) is 12.0. The zero-order chi connectivity index (χ0) is 4.99. The summed E-state index contributed by atoms with van der Waals surface area (Å²) in [5, 5.41) is 8.07. The fraction of sp³-hybridized carbons (Fsp3) is 1.00. The summed E-state index contributed by atoms with van der Waals surface area (Å²) in [6, 6.07) is 0. The molecule has 0 aromatic carbocycles. The molecule has 1 nitrogen and oxygen atoms in total. The monoisotopic (exact) mass is 338 g/mol. The molecule has 0 fully saturated rings. The first-order valence-corrected chi connectivity index (χ1v) is 2.53. The number of hydrogen-bond acceptors (Lipinski definition) is 1. The third kappa shape index (κ3) is 11.2. The van der Waals surface area contributed by atoms with Gasteiger partial charge in [-0.25, -0.2) is 0 Å². The second-order valence-corrected chi connectivity index (χ2v) is 2.18. The Morgan fingerprint density at radius 3 is 1.86 bits per heavy atom. The van der Waals surface area contributed by atoms with Crippen LogP contribution in [0.5, 0.6) is 0 Å². The van der Waals surface area contributed by atoms with Gasteiger partial charge in [-0.1, -0.05) is 0 Å². The summed E-state index contributed by atoms with van der Waals surface area (Å²) in [5.41, 5.74) is 0. The van der Waals surface area contributed by atoms with Gasteiger partial charge in [-0.15, -0.1) is 23.2 Å². The van der Waals surface area contributed by atoms with Crippen molar-refractivity contribution in [1.29, 1.82) is 0 Å². The van der Waals surface area contributed by atoms with Gasteiger partial charge < -0.3 is 5.11 Å². The van der Waals surface area contributed by atoms with Crippen LogP contribution in [-0.4, -0.2) is 43.8 Å². The topological polar surface area (TPSA) is 20.2 Å². The van der Waals surface area contributed by atoms with E-state index in [9.17, 15) is 0 Å². The van der Waals surface area contributed by atoms with Crippen molar-refractivity contribution in [1.82, 2.24) is 0 Å². The Balaban J connectivity index is 0. The number of rotatable bonds is 2.